The van der Waals surface area contributed by atoms with Gasteiger partial charge in [-0.05, 0) is 47.7 Å². The van der Waals surface area contributed by atoms with Gasteiger partial charge in [-0.25, -0.2) is 4.79 Å². The number of carbonyl (C=O) groups excluding carboxylic acids is 2. The summed E-state index contributed by atoms with van der Waals surface area (Å²) in [6.07, 6.45) is 3.68. The molecule has 33 heavy (non-hydrogen) atoms. The zero-order chi connectivity index (χ0) is 24.5. The third kappa shape index (κ3) is 5.54. The lowest BCUT2D eigenvalue weighted by atomic mass is 9.73. The van der Waals surface area contributed by atoms with Crippen LogP contribution < -0.4 is 9.47 Å². The minimum Gasteiger partial charge on any atom is -0.497 e. The summed E-state index contributed by atoms with van der Waals surface area (Å²) in [5, 5.41) is 23.2. The fourth-order valence-corrected chi connectivity index (χ4v) is 3.75. The highest BCUT2D eigenvalue weighted by molar-refractivity contribution is 5.99. The SMILES string of the molecule is CCCCC(CC)COC(=O)C(O)(C=O)C(O)(c1ccc(OC)cc1)c1ccc(OC)cc1. The van der Waals surface area contributed by atoms with Crippen LogP contribution in [0, 0.1) is 5.92 Å². The molecule has 0 radical (unpaired) electrons. The topological polar surface area (TPSA) is 102 Å². The van der Waals surface area contributed by atoms with Crippen LogP contribution in [-0.4, -0.2) is 48.9 Å². The highest BCUT2D eigenvalue weighted by atomic mass is 16.6. The number of hydrogen-bond donors (Lipinski definition) is 2. The maximum Gasteiger partial charge on any atom is 0.349 e. The average molecular weight is 459 g/mol. The first-order valence-corrected chi connectivity index (χ1v) is 11.2. The van der Waals surface area contributed by atoms with Crippen molar-refractivity contribution in [3.05, 3.63) is 59.7 Å². The molecule has 180 valence electrons. The molecule has 0 spiro atoms. The third-order valence-corrected chi connectivity index (χ3v) is 6.04. The average Bonchev–Trinajstić information content (AvgIpc) is 2.87. The molecule has 0 saturated carbocycles. The molecule has 2 N–H and O–H groups in total. The number of aldehydes is 1. The Morgan fingerprint density at radius 3 is 1.79 bits per heavy atom. The molecule has 0 aliphatic rings. The maximum absolute atomic E-state index is 13.1. The van der Waals surface area contributed by atoms with E-state index in [0.29, 0.717) is 11.5 Å². The van der Waals surface area contributed by atoms with E-state index in [0.717, 1.165) is 25.7 Å². The Morgan fingerprint density at radius 2 is 1.42 bits per heavy atom. The van der Waals surface area contributed by atoms with Crippen LogP contribution in [0.2, 0.25) is 0 Å². The van der Waals surface area contributed by atoms with E-state index >= 15 is 0 Å². The number of ether oxygens (including phenoxy) is 3. The fourth-order valence-electron chi connectivity index (χ4n) is 3.75. The molecule has 7 heteroatoms. The normalized spacial score (nSPS) is 14.1. The van der Waals surface area contributed by atoms with Gasteiger partial charge in [0.2, 0.25) is 0 Å². The summed E-state index contributed by atoms with van der Waals surface area (Å²) in [6, 6.07) is 12.2. The summed E-state index contributed by atoms with van der Waals surface area (Å²) in [6.45, 7) is 4.12. The molecule has 2 aromatic rings. The molecule has 0 saturated heterocycles. The van der Waals surface area contributed by atoms with E-state index in [2.05, 4.69) is 6.92 Å². The Kier molecular flexibility index (Phi) is 9.44. The second-order valence-electron chi connectivity index (χ2n) is 8.07. The van der Waals surface area contributed by atoms with Crippen molar-refractivity contribution in [2.24, 2.45) is 5.92 Å². The summed E-state index contributed by atoms with van der Waals surface area (Å²) < 4.78 is 15.7. The number of unbranched alkanes of at least 4 members (excludes halogenated alkanes) is 1. The van der Waals surface area contributed by atoms with Crippen LogP contribution >= 0.6 is 0 Å². The lowest BCUT2D eigenvalue weighted by Gasteiger charge is -2.39. The van der Waals surface area contributed by atoms with Gasteiger partial charge in [-0.2, -0.15) is 0 Å². The molecule has 0 heterocycles. The molecule has 2 aromatic carbocycles. The molecule has 2 unspecified atom stereocenters. The highest BCUT2D eigenvalue weighted by Gasteiger charge is 2.59. The Balaban J connectivity index is 2.51. The number of esters is 1. The van der Waals surface area contributed by atoms with Crippen molar-refractivity contribution in [1.82, 2.24) is 0 Å². The lowest BCUT2D eigenvalue weighted by molar-refractivity contribution is -0.191. The van der Waals surface area contributed by atoms with Gasteiger partial charge in [0.25, 0.3) is 5.60 Å². The number of methoxy groups -OCH3 is 2. The molecule has 0 amide bonds. The van der Waals surface area contributed by atoms with Crippen molar-refractivity contribution >= 4 is 12.3 Å². The number of hydrogen-bond acceptors (Lipinski definition) is 7. The van der Waals surface area contributed by atoms with Gasteiger partial charge in [0.1, 0.15) is 11.5 Å². The van der Waals surface area contributed by atoms with Crippen molar-refractivity contribution in [1.29, 1.82) is 0 Å². The predicted molar refractivity (Wildman–Crippen MR) is 124 cm³/mol. The van der Waals surface area contributed by atoms with Crippen LogP contribution in [0.4, 0.5) is 0 Å². The number of benzene rings is 2. The van der Waals surface area contributed by atoms with Gasteiger partial charge in [-0.15, -0.1) is 0 Å². The van der Waals surface area contributed by atoms with Gasteiger partial charge in [0.05, 0.1) is 20.8 Å². The quantitative estimate of drug-likeness (QED) is 0.268. The fraction of sp³-hybridized carbons (Fsp3) is 0.462. The van der Waals surface area contributed by atoms with Gasteiger partial charge >= 0.3 is 5.97 Å². The first-order chi connectivity index (χ1) is 15.8. The van der Waals surface area contributed by atoms with Crippen LogP contribution in [0.15, 0.2) is 48.5 Å². The molecule has 0 bridgehead atoms. The van der Waals surface area contributed by atoms with E-state index < -0.39 is 17.2 Å². The number of aliphatic hydroxyl groups is 2. The van der Waals surface area contributed by atoms with E-state index in [-0.39, 0.29) is 29.9 Å². The van der Waals surface area contributed by atoms with Crippen LogP contribution in [0.25, 0.3) is 0 Å². The summed E-state index contributed by atoms with van der Waals surface area (Å²) in [7, 11) is 2.99. The van der Waals surface area contributed by atoms with E-state index in [9.17, 15) is 19.8 Å². The third-order valence-electron chi connectivity index (χ3n) is 6.04. The summed E-state index contributed by atoms with van der Waals surface area (Å²) >= 11 is 0. The molecule has 0 aromatic heterocycles. The van der Waals surface area contributed by atoms with Crippen LogP contribution in [0.1, 0.15) is 50.7 Å². The van der Waals surface area contributed by atoms with Crippen molar-refractivity contribution in [3.63, 3.8) is 0 Å². The van der Waals surface area contributed by atoms with Gasteiger partial charge < -0.3 is 24.4 Å². The largest absolute Gasteiger partial charge is 0.497 e. The molecule has 0 aliphatic carbocycles. The van der Waals surface area contributed by atoms with Gasteiger partial charge in [-0.1, -0.05) is 57.4 Å². The van der Waals surface area contributed by atoms with Crippen molar-refractivity contribution < 1.29 is 34.0 Å². The van der Waals surface area contributed by atoms with Crippen molar-refractivity contribution in [3.8, 4) is 11.5 Å². The number of rotatable bonds is 13. The van der Waals surface area contributed by atoms with Gasteiger partial charge in [-0.3, -0.25) is 4.79 Å². The van der Waals surface area contributed by atoms with Crippen molar-refractivity contribution in [2.75, 3.05) is 20.8 Å². The van der Waals surface area contributed by atoms with Crippen LogP contribution in [0.3, 0.4) is 0 Å². The van der Waals surface area contributed by atoms with E-state index in [1.807, 2.05) is 6.92 Å². The standard InChI is InChI=1S/C26H34O7/c1-5-7-8-19(6-2)17-33-24(28)25(29,18-27)26(30,20-9-13-22(31-3)14-10-20)21-11-15-23(32-4)16-12-21/h9-16,18-19,29-30H,5-8,17H2,1-4H3. The molecule has 0 aliphatic heterocycles. The predicted octanol–water partition coefficient (Wildman–Crippen LogP) is 3.63. The second-order valence-corrected chi connectivity index (χ2v) is 8.07. The number of carbonyl (C=O) groups is 2. The zero-order valence-corrected chi connectivity index (χ0v) is 19.7. The van der Waals surface area contributed by atoms with Crippen LogP contribution in [0.5, 0.6) is 11.5 Å². The first-order valence-electron chi connectivity index (χ1n) is 11.2. The Labute approximate surface area is 195 Å². The minimum atomic E-state index is -2.89. The Bertz CT molecular complexity index is 844. The molecule has 7 nitrogen and oxygen atoms in total. The Morgan fingerprint density at radius 1 is 0.939 bits per heavy atom. The van der Waals surface area contributed by atoms with Crippen LogP contribution in [-0.2, 0) is 19.9 Å². The second kappa shape index (κ2) is 11.8. The monoisotopic (exact) mass is 458 g/mol. The van der Waals surface area contributed by atoms with E-state index in [4.69, 9.17) is 14.2 Å². The zero-order valence-electron chi connectivity index (χ0n) is 19.7. The highest BCUT2D eigenvalue weighted by Crippen LogP contribution is 2.41. The van der Waals surface area contributed by atoms with Crippen molar-refractivity contribution in [2.45, 2.75) is 50.7 Å². The van der Waals surface area contributed by atoms with E-state index in [1.165, 1.54) is 38.5 Å². The first kappa shape index (κ1) is 26.4. The summed E-state index contributed by atoms with van der Waals surface area (Å²) in [5.41, 5.74) is -5.06. The summed E-state index contributed by atoms with van der Waals surface area (Å²) in [5.74, 6) is -0.0917. The molecular formula is C26H34O7. The molecule has 0 fully saturated rings. The van der Waals surface area contributed by atoms with Gasteiger partial charge in [0, 0.05) is 0 Å². The van der Waals surface area contributed by atoms with Gasteiger partial charge in [0.15, 0.2) is 11.9 Å². The lowest BCUT2D eigenvalue weighted by Crippen LogP contribution is -2.60. The summed E-state index contributed by atoms with van der Waals surface area (Å²) in [4.78, 5) is 25.4. The molecule has 2 atom stereocenters. The maximum atomic E-state index is 13.1. The minimum absolute atomic E-state index is 0.0385. The smallest absolute Gasteiger partial charge is 0.349 e. The molecule has 2 rings (SSSR count). The Hall–Kier alpha value is -2.90. The molecular weight excluding hydrogens is 424 g/mol. The van der Waals surface area contributed by atoms with E-state index in [1.54, 1.807) is 24.3 Å².